The number of para-hydroxylation sites is 2. The van der Waals surface area contributed by atoms with Crippen LogP contribution in [-0.2, 0) is 6.61 Å². The van der Waals surface area contributed by atoms with E-state index in [9.17, 15) is 5.11 Å². The molecule has 128 valence electrons. The first-order chi connectivity index (χ1) is 12.3. The van der Waals surface area contributed by atoms with Crippen LogP contribution in [0.15, 0.2) is 72.9 Å². The number of hydrogen-bond donors (Lipinski definition) is 2. The van der Waals surface area contributed by atoms with Gasteiger partial charge in [0.2, 0.25) is 5.88 Å². The second kappa shape index (κ2) is 8.28. The second-order valence-corrected chi connectivity index (χ2v) is 5.47. The minimum Gasteiger partial charge on any atom is -0.485 e. The number of ether oxygens (including phenoxy) is 2. The molecule has 2 aromatic carbocycles. The SMILES string of the molecule is NCC(O)c1cccnc1Oc1ccccc1OCc1ccccc1. The van der Waals surface area contributed by atoms with Crippen LogP contribution in [0.25, 0.3) is 0 Å². The number of pyridine rings is 1. The number of rotatable bonds is 7. The molecule has 1 heterocycles. The van der Waals surface area contributed by atoms with Crippen molar-refractivity contribution in [2.45, 2.75) is 12.7 Å². The van der Waals surface area contributed by atoms with Crippen molar-refractivity contribution in [3.05, 3.63) is 84.1 Å². The molecule has 0 saturated carbocycles. The topological polar surface area (TPSA) is 77.6 Å². The fourth-order valence-electron chi connectivity index (χ4n) is 2.36. The molecule has 5 heteroatoms. The van der Waals surface area contributed by atoms with Crippen LogP contribution in [0, 0.1) is 0 Å². The van der Waals surface area contributed by atoms with Crippen LogP contribution in [0.5, 0.6) is 17.4 Å². The third-order valence-electron chi connectivity index (χ3n) is 3.68. The molecule has 0 fully saturated rings. The van der Waals surface area contributed by atoms with Crippen LogP contribution in [0.4, 0.5) is 0 Å². The third-order valence-corrected chi connectivity index (χ3v) is 3.68. The maximum atomic E-state index is 10.0. The molecule has 0 aliphatic rings. The zero-order valence-electron chi connectivity index (χ0n) is 13.7. The van der Waals surface area contributed by atoms with Gasteiger partial charge in [-0.25, -0.2) is 4.98 Å². The van der Waals surface area contributed by atoms with E-state index in [0.29, 0.717) is 29.5 Å². The monoisotopic (exact) mass is 336 g/mol. The lowest BCUT2D eigenvalue weighted by Crippen LogP contribution is -2.13. The van der Waals surface area contributed by atoms with Crippen LogP contribution in [0.3, 0.4) is 0 Å². The highest BCUT2D eigenvalue weighted by Crippen LogP contribution is 2.33. The minimum absolute atomic E-state index is 0.0915. The Bertz CT molecular complexity index is 809. The maximum Gasteiger partial charge on any atom is 0.225 e. The van der Waals surface area contributed by atoms with Crippen LogP contribution in [0.2, 0.25) is 0 Å². The molecule has 3 aromatic rings. The molecule has 0 radical (unpaired) electrons. The van der Waals surface area contributed by atoms with E-state index >= 15 is 0 Å². The predicted molar refractivity (Wildman–Crippen MR) is 95.5 cm³/mol. The van der Waals surface area contributed by atoms with Gasteiger partial charge in [-0.05, 0) is 29.8 Å². The normalized spacial score (nSPS) is 11.8. The van der Waals surface area contributed by atoms with Crippen molar-refractivity contribution < 1.29 is 14.6 Å². The number of benzene rings is 2. The highest BCUT2D eigenvalue weighted by molar-refractivity contribution is 5.43. The predicted octanol–water partition coefficient (Wildman–Crippen LogP) is 3.45. The Labute approximate surface area is 146 Å². The number of nitrogens with two attached hydrogens (primary N) is 1. The summed E-state index contributed by atoms with van der Waals surface area (Å²) in [5.41, 5.74) is 7.16. The van der Waals surface area contributed by atoms with Gasteiger partial charge in [0.25, 0.3) is 0 Å². The van der Waals surface area contributed by atoms with E-state index in [-0.39, 0.29) is 6.54 Å². The summed E-state index contributed by atoms with van der Waals surface area (Å²) in [5, 5.41) is 10.0. The molecular weight excluding hydrogens is 316 g/mol. The fraction of sp³-hybridized carbons (Fsp3) is 0.150. The van der Waals surface area contributed by atoms with Crippen molar-refractivity contribution >= 4 is 0 Å². The van der Waals surface area contributed by atoms with Gasteiger partial charge in [0.1, 0.15) is 6.61 Å². The summed E-state index contributed by atoms with van der Waals surface area (Å²) in [5.74, 6) is 1.45. The molecule has 1 unspecified atom stereocenters. The van der Waals surface area contributed by atoms with Gasteiger partial charge in [0.05, 0.1) is 6.10 Å². The Morgan fingerprint density at radius 1 is 0.920 bits per heavy atom. The zero-order valence-corrected chi connectivity index (χ0v) is 13.7. The Morgan fingerprint density at radius 3 is 2.40 bits per heavy atom. The van der Waals surface area contributed by atoms with E-state index in [1.54, 1.807) is 24.4 Å². The van der Waals surface area contributed by atoms with Crippen LogP contribution >= 0.6 is 0 Å². The molecule has 1 aromatic heterocycles. The van der Waals surface area contributed by atoms with E-state index in [4.69, 9.17) is 15.2 Å². The molecule has 5 nitrogen and oxygen atoms in total. The zero-order chi connectivity index (χ0) is 17.5. The average Bonchev–Trinajstić information content (AvgIpc) is 2.68. The van der Waals surface area contributed by atoms with Gasteiger partial charge in [-0.15, -0.1) is 0 Å². The highest BCUT2D eigenvalue weighted by Gasteiger charge is 2.15. The summed E-state index contributed by atoms with van der Waals surface area (Å²) in [6.45, 7) is 0.524. The lowest BCUT2D eigenvalue weighted by Gasteiger charge is -2.15. The average molecular weight is 336 g/mol. The van der Waals surface area contributed by atoms with E-state index in [1.165, 1.54) is 0 Å². The molecule has 0 bridgehead atoms. The Morgan fingerprint density at radius 2 is 1.64 bits per heavy atom. The number of aromatic nitrogens is 1. The van der Waals surface area contributed by atoms with Gasteiger partial charge in [-0.1, -0.05) is 42.5 Å². The van der Waals surface area contributed by atoms with Gasteiger partial charge in [-0.3, -0.25) is 0 Å². The van der Waals surface area contributed by atoms with E-state index in [2.05, 4.69) is 4.98 Å². The second-order valence-electron chi connectivity index (χ2n) is 5.47. The lowest BCUT2D eigenvalue weighted by atomic mass is 10.1. The minimum atomic E-state index is -0.832. The molecule has 0 aliphatic carbocycles. The Balaban J connectivity index is 1.80. The number of aliphatic hydroxyl groups excluding tert-OH is 1. The summed E-state index contributed by atoms with van der Waals surface area (Å²) < 4.78 is 11.8. The summed E-state index contributed by atoms with van der Waals surface area (Å²) in [6.07, 6.45) is 0.774. The molecule has 0 saturated heterocycles. The largest absolute Gasteiger partial charge is 0.485 e. The van der Waals surface area contributed by atoms with E-state index < -0.39 is 6.10 Å². The van der Waals surface area contributed by atoms with Crippen molar-refractivity contribution in [3.8, 4) is 17.4 Å². The molecule has 0 aliphatic heterocycles. The first kappa shape index (κ1) is 17.0. The number of aliphatic hydroxyl groups is 1. The molecule has 0 spiro atoms. The van der Waals surface area contributed by atoms with Gasteiger partial charge < -0.3 is 20.3 Å². The van der Waals surface area contributed by atoms with Crippen molar-refractivity contribution in [3.63, 3.8) is 0 Å². The molecular formula is C20H20N2O3. The molecule has 0 amide bonds. The smallest absolute Gasteiger partial charge is 0.225 e. The lowest BCUT2D eigenvalue weighted by molar-refractivity contribution is 0.182. The summed E-state index contributed by atoms with van der Waals surface area (Å²) in [6, 6.07) is 20.7. The van der Waals surface area contributed by atoms with Crippen LogP contribution < -0.4 is 15.2 Å². The highest BCUT2D eigenvalue weighted by atomic mass is 16.5. The van der Waals surface area contributed by atoms with Gasteiger partial charge >= 0.3 is 0 Å². The molecule has 3 N–H and O–H groups in total. The van der Waals surface area contributed by atoms with E-state index in [1.807, 2.05) is 48.5 Å². The Kier molecular flexibility index (Phi) is 5.61. The quantitative estimate of drug-likeness (QED) is 0.691. The van der Waals surface area contributed by atoms with Crippen LogP contribution in [-0.4, -0.2) is 16.6 Å². The van der Waals surface area contributed by atoms with E-state index in [0.717, 1.165) is 5.56 Å². The van der Waals surface area contributed by atoms with Gasteiger partial charge in [0.15, 0.2) is 11.5 Å². The molecule has 1 atom stereocenters. The summed E-state index contributed by atoms with van der Waals surface area (Å²) in [7, 11) is 0. The first-order valence-electron chi connectivity index (χ1n) is 8.04. The van der Waals surface area contributed by atoms with Crippen LogP contribution in [0.1, 0.15) is 17.2 Å². The van der Waals surface area contributed by atoms with Crippen molar-refractivity contribution in [1.29, 1.82) is 0 Å². The fourth-order valence-corrected chi connectivity index (χ4v) is 2.36. The number of nitrogens with zero attached hydrogens (tertiary/aromatic N) is 1. The number of hydrogen-bond acceptors (Lipinski definition) is 5. The standard InChI is InChI=1S/C20H20N2O3/c21-13-17(23)16-9-6-12-22-20(16)25-19-11-5-4-10-18(19)24-14-15-7-2-1-3-8-15/h1-12,17,23H,13-14,21H2. The van der Waals surface area contributed by atoms with Gasteiger partial charge in [-0.2, -0.15) is 0 Å². The summed E-state index contributed by atoms with van der Waals surface area (Å²) >= 11 is 0. The molecule has 25 heavy (non-hydrogen) atoms. The molecule has 3 rings (SSSR count). The van der Waals surface area contributed by atoms with Crippen molar-refractivity contribution in [2.24, 2.45) is 5.73 Å². The Hall–Kier alpha value is -2.89. The van der Waals surface area contributed by atoms with Crippen molar-refractivity contribution in [1.82, 2.24) is 4.98 Å². The first-order valence-corrected chi connectivity index (χ1v) is 8.04. The van der Waals surface area contributed by atoms with Crippen molar-refractivity contribution in [2.75, 3.05) is 6.54 Å². The summed E-state index contributed by atoms with van der Waals surface area (Å²) in [4.78, 5) is 4.21. The third kappa shape index (κ3) is 4.35. The maximum absolute atomic E-state index is 10.0. The van der Waals surface area contributed by atoms with Gasteiger partial charge in [0, 0.05) is 18.3 Å².